The topological polar surface area (TPSA) is 73.5 Å². The summed E-state index contributed by atoms with van der Waals surface area (Å²) in [6.45, 7) is 1.14. The van der Waals surface area contributed by atoms with Crippen LogP contribution in [0.5, 0.6) is 0 Å². The Bertz CT molecular complexity index is 878. The number of hydrogen-bond acceptors (Lipinski definition) is 3. The number of aromatic nitrogens is 1. The number of amides is 2. The van der Waals surface area contributed by atoms with Gasteiger partial charge < -0.3 is 14.8 Å². The van der Waals surface area contributed by atoms with E-state index in [4.69, 9.17) is 0 Å². The number of halogens is 3. The lowest BCUT2D eigenvalue weighted by Gasteiger charge is -2.34. The standard InChI is InChI=1S/C18H16F3N3O3/c19-18(20,21)14-4-1-12(2-5-14)16(26)23-7-9-24(10-8-23)17(27)13-3-6-15(25)22-11-13/h1-6,11H,7-10H2,(H,22,25). The monoisotopic (exact) mass is 379 g/mol. The molecule has 0 atom stereocenters. The molecule has 27 heavy (non-hydrogen) atoms. The second-order valence-corrected chi connectivity index (χ2v) is 6.10. The quantitative estimate of drug-likeness (QED) is 0.867. The minimum atomic E-state index is -4.45. The van der Waals surface area contributed by atoms with Crippen molar-refractivity contribution >= 4 is 11.8 Å². The highest BCUT2D eigenvalue weighted by Crippen LogP contribution is 2.29. The van der Waals surface area contributed by atoms with Crippen molar-refractivity contribution in [2.24, 2.45) is 0 Å². The summed E-state index contributed by atoms with van der Waals surface area (Å²) in [6.07, 6.45) is -3.11. The van der Waals surface area contributed by atoms with Crippen LogP contribution in [-0.4, -0.2) is 52.8 Å². The first kappa shape index (κ1) is 18.7. The average Bonchev–Trinajstić information content (AvgIpc) is 2.67. The summed E-state index contributed by atoms with van der Waals surface area (Å²) in [5.74, 6) is -0.632. The van der Waals surface area contributed by atoms with Crippen LogP contribution >= 0.6 is 0 Å². The molecule has 2 amide bonds. The molecule has 1 aliphatic heterocycles. The van der Waals surface area contributed by atoms with Gasteiger partial charge in [-0.1, -0.05) is 0 Å². The van der Waals surface area contributed by atoms with Gasteiger partial charge >= 0.3 is 6.18 Å². The van der Waals surface area contributed by atoms with E-state index in [2.05, 4.69) is 4.98 Å². The summed E-state index contributed by atoms with van der Waals surface area (Å²) in [4.78, 5) is 41.4. The predicted octanol–water partition coefficient (Wildman–Crippen LogP) is 1.99. The molecule has 9 heteroatoms. The second-order valence-electron chi connectivity index (χ2n) is 6.10. The van der Waals surface area contributed by atoms with Crippen LogP contribution in [0.4, 0.5) is 13.2 Å². The van der Waals surface area contributed by atoms with Crippen molar-refractivity contribution in [1.82, 2.24) is 14.8 Å². The van der Waals surface area contributed by atoms with Crippen molar-refractivity contribution in [1.29, 1.82) is 0 Å². The van der Waals surface area contributed by atoms with E-state index in [1.165, 1.54) is 23.2 Å². The zero-order chi connectivity index (χ0) is 19.6. The zero-order valence-corrected chi connectivity index (χ0v) is 14.1. The molecule has 2 aromatic rings. The molecule has 1 aromatic heterocycles. The van der Waals surface area contributed by atoms with Gasteiger partial charge in [-0.15, -0.1) is 0 Å². The molecule has 1 aliphatic rings. The number of piperazine rings is 1. The average molecular weight is 379 g/mol. The normalized spacial score (nSPS) is 14.9. The Balaban J connectivity index is 1.61. The second kappa shape index (κ2) is 7.26. The Labute approximate surface area is 152 Å². The largest absolute Gasteiger partial charge is 0.416 e. The number of alkyl halides is 3. The summed E-state index contributed by atoms with van der Waals surface area (Å²) in [6, 6.07) is 6.76. The maximum Gasteiger partial charge on any atom is 0.416 e. The Morgan fingerprint density at radius 1 is 0.815 bits per heavy atom. The molecule has 3 rings (SSSR count). The predicted molar refractivity (Wildman–Crippen MR) is 90.3 cm³/mol. The summed E-state index contributed by atoms with van der Waals surface area (Å²) < 4.78 is 37.8. The number of aromatic amines is 1. The van der Waals surface area contributed by atoms with Crippen LogP contribution in [0.3, 0.4) is 0 Å². The minimum absolute atomic E-state index is 0.170. The van der Waals surface area contributed by atoms with Crippen LogP contribution in [0.1, 0.15) is 26.3 Å². The summed E-state index contributed by atoms with van der Waals surface area (Å²) in [7, 11) is 0. The third-order valence-corrected chi connectivity index (χ3v) is 4.34. The Kier molecular flexibility index (Phi) is 5.02. The van der Waals surface area contributed by atoms with Gasteiger partial charge in [0.25, 0.3) is 11.8 Å². The molecule has 1 N–H and O–H groups in total. The summed E-state index contributed by atoms with van der Waals surface area (Å²) >= 11 is 0. The van der Waals surface area contributed by atoms with E-state index in [0.29, 0.717) is 18.7 Å². The van der Waals surface area contributed by atoms with E-state index in [1.54, 1.807) is 4.90 Å². The number of pyridine rings is 1. The number of benzene rings is 1. The van der Waals surface area contributed by atoms with Crippen LogP contribution in [0.2, 0.25) is 0 Å². The molecule has 1 saturated heterocycles. The Morgan fingerprint density at radius 3 is 1.74 bits per heavy atom. The van der Waals surface area contributed by atoms with Crippen molar-refractivity contribution in [3.05, 3.63) is 69.6 Å². The molecule has 6 nitrogen and oxygen atoms in total. The molecular weight excluding hydrogens is 363 g/mol. The van der Waals surface area contributed by atoms with Crippen LogP contribution in [-0.2, 0) is 6.18 Å². The number of H-pyrrole nitrogens is 1. The van der Waals surface area contributed by atoms with Gasteiger partial charge in [-0.2, -0.15) is 13.2 Å². The Hall–Kier alpha value is -3.10. The fourth-order valence-electron chi connectivity index (χ4n) is 2.82. The van der Waals surface area contributed by atoms with Crippen LogP contribution in [0.25, 0.3) is 0 Å². The highest BCUT2D eigenvalue weighted by molar-refractivity contribution is 5.95. The fraction of sp³-hybridized carbons (Fsp3) is 0.278. The lowest BCUT2D eigenvalue weighted by molar-refractivity contribution is -0.137. The van der Waals surface area contributed by atoms with Crippen molar-refractivity contribution in [3.8, 4) is 0 Å². The first-order chi connectivity index (χ1) is 12.8. The van der Waals surface area contributed by atoms with Crippen molar-refractivity contribution < 1.29 is 22.8 Å². The smallest absolute Gasteiger partial charge is 0.335 e. The Morgan fingerprint density at radius 2 is 1.30 bits per heavy atom. The molecule has 0 aliphatic carbocycles. The van der Waals surface area contributed by atoms with E-state index in [1.807, 2.05) is 0 Å². The maximum absolute atomic E-state index is 12.6. The third-order valence-electron chi connectivity index (χ3n) is 4.34. The molecule has 1 fully saturated rings. The third kappa shape index (κ3) is 4.18. The zero-order valence-electron chi connectivity index (χ0n) is 14.1. The van der Waals surface area contributed by atoms with E-state index in [0.717, 1.165) is 24.3 Å². The molecular formula is C18H16F3N3O3. The molecule has 2 heterocycles. The van der Waals surface area contributed by atoms with Crippen LogP contribution < -0.4 is 5.56 Å². The van der Waals surface area contributed by atoms with Crippen molar-refractivity contribution in [2.75, 3.05) is 26.2 Å². The first-order valence-electron chi connectivity index (χ1n) is 8.20. The van der Waals surface area contributed by atoms with Gasteiger partial charge in [0.1, 0.15) is 0 Å². The van der Waals surface area contributed by atoms with Gasteiger partial charge in [-0.3, -0.25) is 14.4 Å². The molecule has 0 radical (unpaired) electrons. The van der Waals surface area contributed by atoms with Crippen molar-refractivity contribution in [3.63, 3.8) is 0 Å². The SMILES string of the molecule is O=C(c1ccc(C(F)(F)F)cc1)N1CCN(C(=O)c2ccc(=O)[nH]c2)CC1. The van der Waals surface area contributed by atoms with Crippen LogP contribution in [0, 0.1) is 0 Å². The molecule has 142 valence electrons. The number of rotatable bonds is 2. The lowest BCUT2D eigenvalue weighted by atomic mass is 10.1. The summed E-state index contributed by atoms with van der Waals surface area (Å²) in [5.41, 5.74) is -0.602. The first-order valence-corrected chi connectivity index (χ1v) is 8.20. The lowest BCUT2D eigenvalue weighted by Crippen LogP contribution is -2.50. The van der Waals surface area contributed by atoms with Crippen LogP contribution in [0.15, 0.2) is 47.4 Å². The van der Waals surface area contributed by atoms with E-state index in [-0.39, 0.29) is 36.0 Å². The van der Waals surface area contributed by atoms with Gasteiger partial charge in [0, 0.05) is 44.0 Å². The van der Waals surface area contributed by atoms with Gasteiger partial charge in [-0.25, -0.2) is 0 Å². The molecule has 0 saturated carbocycles. The van der Waals surface area contributed by atoms with E-state index >= 15 is 0 Å². The molecule has 1 aromatic carbocycles. The highest BCUT2D eigenvalue weighted by atomic mass is 19.4. The summed E-state index contributed by atoms with van der Waals surface area (Å²) in [5, 5.41) is 0. The van der Waals surface area contributed by atoms with Crippen molar-refractivity contribution in [2.45, 2.75) is 6.18 Å². The number of carbonyl (C=O) groups is 2. The molecule has 0 bridgehead atoms. The number of nitrogens with one attached hydrogen (secondary N) is 1. The highest BCUT2D eigenvalue weighted by Gasteiger charge is 2.31. The fourth-order valence-corrected chi connectivity index (χ4v) is 2.82. The number of carbonyl (C=O) groups excluding carboxylic acids is 2. The van der Waals surface area contributed by atoms with Gasteiger partial charge in [0.2, 0.25) is 5.56 Å². The molecule has 0 spiro atoms. The van der Waals surface area contributed by atoms with Gasteiger partial charge in [0.05, 0.1) is 11.1 Å². The maximum atomic E-state index is 12.6. The minimum Gasteiger partial charge on any atom is -0.335 e. The molecule has 0 unspecified atom stereocenters. The van der Waals surface area contributed by atoms with E-state index in [9.17, 15) is 27.6 Å². The van der Waals surface area contributed by atoms with Gasteiger partial charge in [0.15, 0.2) is 0 Å². The van der Waals surface area contributed by atoms with Gasteiger partial charge in [-0.05, 0) is 30.3 Å². The van der Waals surface area contributed by atoms with E-state index < -0.39 is 11.7 Å². The number of hydrogen-bond donors (Lipinski definition) is 1. The number of nitrogens with zero attached hydrogens (tertiary/aromatic N) is 2.